The predicted octanol–water partition coefficient (Wildman–Crippen LogP) is 5.28. The molecule has 1 N–H and O–H groups in total. The van der Waals surface area contributed by atoms with Crippen LogP contribution in [0.15, 0.2) is 73.6 Å². The van der Waals surface area contributed by atoms with Gasteiger partial charge >= 0.3 is 5.97 Å². The summed E-state index contributed by atoms with van der Waals surface area (Å²) in [7, 11) is -4.00. The standard InChI is InChI=1S/C25H19BrFN3O5S/c1-14-22-19(29-30-36(32,33)16-9-7-15(27)8-10-16)5-2-6-20(22)34-24(14)25(31)35-21-12-11-18(26)17-4-3-13-28-23(17)21/h3-4,7-13,30H,2,5-6H2,1H3/b29-19+. The van der Waals surface area contributed by atoms with Gasteiger partial charge in [-0.25, -0.2) is 9.18 Å². The second-order valence-electron chi connectivity index (χ2n) is 8.15. The summed E-state index contributed by atoms with van der Waals surface area (Å²) in [5.74, 6) is -0.402. The third-order valence-electron chi connectivity index (χ3n) is 5.82. The van der Waals surface area contributed by atoms with E-state index >= 15 is 0 Å². The lowest BCUT2D eigenvalue weighted by molar-refractivity contribution is 0.0700. The van der Waals surface area contributed by atoms with Gasteiger partial charge in [-0.05, 0) is 62.2 Å². The van der Waals surface area contributed by atoms with E-state index in [4.69, 9.17) is 9.15 Å². The van der Waals surface area contributed by atoms with E-state index < -0.39 is 21.8 Å². The van der Waals surface area contributed by atoms with Crippen LogP contribution in [0.2, 0.25) is 0 Å². The maximum absolute atomic E-state index is 13.2. The molecule has 36 heavy (non-hydrogen) atoms. The molecule has 184 valence electrons. The molecule has 2 aromatic carbocycles. The number of ether oxygens (including phenoxy) is 1. The summed E-state index contributed by atoms with van der Waals surface area (Å²) >= 11 is 3.47. The summed E-state index contributed by atoms with van der Waals surface area (Å²) in [6, 6.07) is 11.5. The number of hydrogen-bond donors (Lipinski definition) is 1. The van der Waals surface area contributed by atoms with Gasteiger partial charge in [-0.1, -0.05) is 22.0 Å². The highest BCUT2D eigenvalue weighted by Gasteiger charge is 2.30. The number of carbonyl (C=O) groups excluding carboxylic acids is 1. The number of hydrazone groups is 1. The Morgan fingerprint density at radius 1 is 1.17 bits per heavy atom. The molecule has 0 bridgehead atoms. The minimum atomic E-state index is -4.00. The number of nitrogens with one attached hydrogen (secondary N) is 1. The van der Waals surface area contributed by atoms with Crippen LogP contribution in [-0.2, 0) is 16.4 Å². The Hall–Kier alpha value is -3.57. The van der Waals surface area contributed by atoms with Crippen molar-refractivity contribution in [2.24, 2.45) is 5.10 Å². The molecule has 0 amide bonds. The van der Waals surface area contributed by atoms with Gasteiger partial charge in [0.2, 0.25) is 5.76 Å². The average Bonchev–Trinajstić information content (AvgIpc) is 3.22. The molecular formula is C25H19BrFN3O5S. The third-order valence-corrected chi connectivity index (χ3v) is 7.73. The van der Waals surface area contributed by atoms with E-state index in [1.54, 1.807) is 31.3 Å². The largest absolute Gasteiger partial charge is 0.453 e. The fourth-order valence-electron chi connectivity index (χ4n) is 4.10. The highest BCUT2D eigenvalue weighted by molar-refractivity contribution is 9.10. The van der Waals surface area contributed by atoms with Crippen molar-refractivity contribution in [1.82, 2.24) is 9.82 Å². The van der Waals surface area contributed by atoms with E-state index in [9.17, 15) is 17.6 Å². The molecule has 2 heterocycles. The van der Waals surface area contributed by atoms with Gasteiger partial charge in [0.1, 0.15) is 17.1 Å². The van der Waals surface area contributed by atoms with Gasteiger partial charge in [0.25, 0.3) is 10.0 Å². The quantitative estimate of drug-likeness (QED) is 0.198. The first-order valence-electron chi connectivity index (χ1n) is 11.0. The van der Waals surface area contributed by atoms with Crippen LogP contribution in [-0.4, -0.2) is 25.1 Å². The van der Waals surface area contributed by atoms with Crippen molar-refractivity contribution >= 4 is 48.5 Å². The van der Waals surface area contributed by atoms with Crippen molar-refractivity contribution in [3.05, 3.63) is 87.7 Å². The van der Waals surface area contributed by atoms with Crippen LogP contribution in [0.1, 0.15) is 40.3 Å². The fraction of sp³-hybridized carbons (Fsp3) is 0.160. The molecule has 5 rings (SSSR count). The lowest BCUT2D eigenvalue weighted by atomic mass is 9.93. The maximum Gasteiger partial charge on any atom is 0.380 e. The van der Waals surface area contributed by atoms with E-state index in [-0.39, 0.29) is 16.4 Å². The molecule has 0 unspecified atom stereocenters. The summed E-state index contributed by atoms with van der Waals surface area (Å²) in [6.45, 7) is 1.70. The number of hydrogen-bond acceptors (Lipinski definition) is 7. The number of sulfonamides is 1. The molecular weight excluding hydrogens is 553 g/mol. The number of fused-ring (bicyclic) bond motifs is 2. The average molecular weight is 572 g/mol. The van der Waals surface area contributed by atoms with Crippen LogP contribution in [0.5, 0.6) is 5.75 Å². The first-order chi connectivity index (χ1) is 17.2. The van der Waals surface area contributed by atoms with Crippen LogP contribution in [0.3, 0.4) is 0 Å². The summed E-state index contributed by atoms with van der Waals surface area (Å²) in [4.78, 5) is 19.5. The lowest BCUT2D eigenvalue weighted by Crippen LogP contribution is -2.22. The van der Waals surface area contributed by atoms with Gasteiger partial charge in [-0.3, -0.25) is 4.98 Å². The molecule has 1 aliphatic rings. The highest BCUT2D eigenvalue weighted by atomic mass is 79.9. The molecule has 0 fully saturated rings. The minimum absolute atomic E-state index is 0.0167. The molecule has 0 saturated heterocycles. The molecule has 4 aromatic rings. The van der Waals surface area contributed by atoms with Crippen LogP contribution in [0, 0.1) is 12.7 Å². The molecule has 0 spiro atoms. The van der Waals surface area contributed by atoms with Crippen molar-refractivity contribution in [1.29, 1.82) is 0 Å². The zero-order valence-electron chi connectivity index (χ0n) is 18.9. The van der Waals surface area contributed by atoms with Crippen molar-refractivity contribution in [2.45, 2.75) is 31.1 Å². The molecule has 2 aromatic heterocycles. The Bertz CT molecular complexity index is 1630. The molecule has 0 saturated carbocycles. The Kier molecular flexibility index (Phi) is 6.35. The van der Waals surface area contributed by atoms with Crippen LogP contribution >= 0.6 is 15.9 Å². The Balaban J connectivity index is 1.44. The monoisotopic (exact) mass is 571 g/mol. The van der Waals surface area contributed by atoms with Gasteiger partial charge in [0, 0.05) is 33.6 Å². The summed E-state index contributed by atoms with van der Waals surface area (Å²) in [5, 5.41) is 4.91. The van der Waals surface area contributed by atoms with Crippen molar-refractivity contribution < 1.29 is 26.8 Å². The first-order valence-corrected chi connectivity index (χ1v) is 13.2. The van der Waals surface area contributed by atoms with Crippen LogP contribution in [0.25, 0.3) is 10.9 Å². The van der Waals surface area contributed by atoms with Crippen molar-refractivity contribution in [3.8, 4) is 5.75 Å². The van der Waals surface area contributed by atoms with Gasteiger partial charge in [0.05, 0.1) is 10.6 Å². The number of nitrogens with zero attached hydrogens (tertiary/aromatic N) is 2. The zero-order chi connectivity index (χ0) is 25.4. The summed E-state index contributed by atoms with van der Waals surface area (Å²) in [6.07, 6.45) is 3.32. The number of rotatable bonds is 5. The van der Waals surface area contributed by atoms with Gasteiger partial charge in [-0.2, -0.15) is 18.4 Å². The number of halogens is 2. The molecule has 0 radical (unpaired) electrons. The summed E-state index contributed by atoms with van der Waals surface area (Å²) in [5.41, 5.74) is 2.04. The van der Waals surface area contributed by atoms with Crippen LogP contribution < -0.4 is 9.57 Å². The molecule has 11 heteroatoms. The number of furan rings is 1. The topological polar surface area (TPSA) is 111 Å². The number of benzene rings is 2. The Morgan fingerprint density at radius 2 is 1.94 bits per heavy atom. The number of carbonyl (C=O) groups is 1. The number of pyridine rings is 1. The second kappa shape index (κ2) is 9.47. The normalized spacial score (nSPS) is 14.6. The predicted molar refractivity (Wildman–Crippen MR) is 134 cm³/mol. The number of aromatic nitrogens is 1. The van der Waals surface area contributed by atoms with Crippen molar-refractivity contribution in [3.63, 3.8) is 0 Å². The maximum atomic E-state index is 13.2. The smallest absolute Gasteiger partial charge is 0.380 e. The zero-order valence-corrected chi connectivity index (χ0v) is 21.3. The molecule has 0 aliphatic heterocycles. The van der Waals surface area contributed by atoms with Gasteiger partial charge in [0.15, 0.2) is 5.75 Å². The van der Waals surface area contributed by atoms with E-state index in [1.807, 2.05) is 6.07 Å². The molecule has 0 atom stereocenters. The van der Waals surface area contributed by atoms with E-state index in [2.05, 4.69) is 30.8 Å². The minimum Gasteiger partial charge on any atom is -0.453 e. The van der Waals surface area contributed by atoms with Gasteiger partial charge in [-0.15, -0.1) is 0 Å². The second-order valence-corrected chi connectivity index (χ2v) is 10.7. The van der Waals surface area contributed by atoms with E-state index in [1.165, 1.54) is 0 Å². The Morgan fingerprint density at radius 3 is 2.72 bits per heavy atom. The first kappa shape index (κ1) is 24.1. The van der Waals surface area contributed by atoms with Crippen molar-refractivity contribution in [2.75, 3.05) is 0 Å². The lowest BCUT2D eigenvalue weighted by Gasteiger charge is -2.14. The number of esters is 1. The summed E-state index contributed by atoms with van der Waals surface area (Å²) < 4.78 is 50.7. The van der Waals surface area contributed by atoms with Crippen LogP contribution in [0.4, 0.5) is 4.39 Å². The molecule has 8 nitrogen and oxygen atoms in total. The van der Waals surface area contributed by atoms with E-state index in [0.29, 0.717) is 47.4 Å². The highest BCUT2D eigenvalue weighted by Crippen LogP contribution is 2.33. The number of aryl methyl sites for hydroxylation is 1. The fourth-order valence-corrected chi connectivity index (χ4v) is 5.38. The van der Waals surface area contributed by atoms with E-state index in [0.717, 1.165) is 34.1 Å². The van der Waals surface area contributed by atoms with Gasteiger partial charge < -0.3 is 9.15 Å². The molecule has 1 aliphatic carbocycles. The Labute approximate surface area is 214 Å². The SMILES string of the molecule is Cc1c(C(=O)Oc2ccc(Br)c3cccnc23)oc2c1/C(=N/NS(=O)(=O)c1ccc(F)cc1)CCC2. The third kappa shape index (κ3) is 4.51.